The molecule has 0 amide bonds. The fraction of sp³-hybridized carbons (Fsp3) is 0. The van der Waals surface area contributed by atoms with E-state index in [9.17, 15) is 9.59 Å². The predicted molar refractivity (Wildman–Crippen MR) is 71.4 cm³/mol. The van der Waals surface area contributed by atoms with Crippen LogP contribution in [0, 0.1) is 0 Å². The van der Waals surface area contributed by atoms with Crippen molar-refractivity contribution in [1.82, 2.24) is 0 Å². The van der Waals surface area contributed by atoms with Gasteiger partial charge in [0.15, 0.2) is 0 Å². The van der Waals surface area contributed by atoms with E-state index in [1.54, 1.807) is 12.1 Å². The van der Waals surface area contributed by atoms with Gasteiger partial charge in [0.25, 0.3) is 0 Å². The fourth-order valence-corrected chi connectivity index (χ4v) is 2.01. The first-order valence-corrected chi connectivity index (χ1v) is 5.55. The van der Waals surface area contributed by atoms with E-state index in [1.165, 1.54) is 24.3 Å². The molecule has 3 aromatic rings. The maximum atomic E-state index is 12.3. The van der Waals surface area contributed by atoms with Gasteiger partial charge in [0.1, 0.15) is 11.2 Å². The number of carboxylic acids is 1. The van der Waals surface area contributed by atoms with Crippen molar-refractivity contribution in [3.63, 3.8) is 0 Å². The van der Waals surface area contributed by atoms with Gasteiger partial charge in [-0.15, -0.1) is 0 Å². The van der Waals surface area contributed by atoms with Crippen molar-refractivity contribution in [3.05, 3.63) is 52.2 Å². The van der Waals surface area contributed by atoms with Gasteiger partial charge in [-0.2, -0.15) is 0 Å². The minimum absolute atomic E-state index is 0.0445. The molecule has 0 aliphatic heterocycles. The second kappa shape index (κ2) is 3.84. The molecule has 0 unspecified atom stereocenters. The Kier molecular flexibility index (Phi) is 2.28. The number of hydrogen-bond donors (Lipinski definition) is 2. The van der Waals surface area contributed by atoms with Crippen molar-refractivity contribution in [2.45, 2.75) is 0 Å². The van der Waals surface area contributed by atoms with E-state index < -0.39 is 5.97 Å². The number of anilines is 1. The van der Waals surface area contributed by atoms with Crippen LogP contribution in [0.25, 0.3) is 21.9 Å². The third-order valence-electron chi connectivity index (χ3n) is 2.94. The average Bonchev–Trinajstić information content (AvgIpc) is 2.39. The zero-order chi connectivity index (χ0) is 13.6. The molecular weight excluding hydrogens is 246 g/mol. The Labute approximate surface area is 106 Å². The summed E-state index contributed by atoms with van der Waals surface area (Å²) in [5.74, 6) is -1.09. The lowest BCUT2D eigenvalue weighted by molar-refractivity contribution is 0.0697. The van der Waals surface area contributed by atoms with Crippen LogP contribution < -0.4 is 11.2 Å². The molecule has 94 valence electrons. The third kappa shape index (κ3) is 1.72. The van der Waals surface area contributed by atoms with Crippen molar-refractivity contribution in [3.8, 4) is 0 Å². The van der Waals surface area contributed by atoms with Gasteiger partial charge in [0.05, 0.1) is 16.3 Å². The van der Waals surface area contributed by atoms with Crippen molar-refractivity contribution < 1.29 is 14.3 Å². The molecule has 2 aromatic carbocycles. The van der Waals surface area contributed by atoms with Gasteiger partial charge in [-0.3, -0.25) is 4.79 Å². The van der Waals surface area contributed by atoms with Crippen molar-refractivity contribution in [2.24, 2.45) is 0 Å². The zero-order valence-electron chi connectivity index (χ0n) is 9.71. The van der Waals surface area contributed by atoms with Crippen LogP contribution in [-0.4, -0.2) is 11.1 Å². The Bertz CT molecular complexity index is 880. The number of benzene rings is 2. The Morgan fingerprint density at radius 2 is 1.68 bits per heavy atom. The van der Waals surface area contributed by atoms with E-state index in [0.717, 1.165) is 0 Å². The molecular formula is C14H9NO4. The molecule has 5 nitrogen and oxygen atoms in total. The van der Waals surface area contributed by atoms with Crippen LogP contribution in [0.15, 0.2) is 45.6 Å². The topological polar surface area (TPSA) is 93.5 Å². The summed E-state index contributed by atoms with van der Waals surface area (Å²) in [5, 5.41) is 9.52. The lowest BCUT2D eigenvalue weighted by Gasteiger charge is -2.03. The van der Waals surface area contributed by atoms with E-state index >= 15 is 0 Å². The van der Waals surface area contributed by atoms with Crippen LogP contribution in [0.5, 0.6) is 0 Å². The van der Waals surface area contributed by atoms with Crippen LogP contribution in [-0.2, 0) is 0 Å². The minimum atomic E-state index is -1.09. The Balaban J connectivity index is 2.48. The van der Waals surface area contributed by atoms with Gasteiger partial charge in [-0.05, 0) is 36.4 Å². The molecule has 19 heavy (non-hydrogen) atoms. The summed E-state index contributed by atoms with van der Waals surface area (Å²) in [4.78, 5) is 23.2. The molecule has 0 atom stereocenters. The summed E-state index contributed by atoms with van der Waals surface area (Å²) < 4.78 is 5.57. The molecule has 0 aliphatic rings. The highest BCUT2D eigenvalue weighted by Crippen LogP contribution is 2.21. The molecule has 1 aromatic heterocycles. The van der Waals surface area contributed by atoms with Gasteiger partial charge in [-0.25, -0.2) is 4.79 Å². The van der Waals surface area contributed by atoms with Crippen LogP contribution >= 0.6 is 0 Å². The van der Waals surface area contributed by atoms with E-state index in [-0.39, 0.29) is 16.4 Å². The monoisotopic (exact) mass is 255 g/mol. The van der Waals surface area contributed by atoms with E-state index in [4.69, 9.17) is 15.3 Å². The van der Waals surface area contributed by atoms with Crippen LogP contribution in [0.4, 0.5) is 5.69 Å². The van der Waals surface area contributed by atoms with Gasteiger partial charge in [0.2, 0.25) is 5.43 Å². The maximum absolute atomic E-state index is 12.3. The smallest absolute Gasteiger partial charge is 0.335 e. The quantitative estimate of drug-likeness (QED) is 0.513. The van der Waals surface area contributed by atoms with Crippen LogP contribution in [0.3, 0.4) is 0 Å². The highest BCUT2D eigenvalue weighted by molar-refractivity contribution is 5.96. The number of carboxylic acid groups (broad SMARTS) is 1. The van der Waals surface area contributed by atoms with Gasteiger partial charge < -0.3 is 15.3 Å². The van der Waals surface area contributed by atoms with Crippen LogP contribution in [0.2, 0.25) is 0 Å². The van der Waals surface area contributed by atoms with E-state index in [1.807, 2.05) is 0 Å². The second-order valence-electron chi connectivity index (χ2n) is 4.20. The molecule has 0 spiro atoms. The number of hydrogen-bond acceptors (Lipinski definition) is 4. The largest absolute Gasteiger partial charge is 0.478 e. The molecule has 0 aliphatic carbocycles. The van der Waals surface area contributed by atoms with Crippen molar-refractivity contribution in [2.75, 3.05) is 5.73 Å². The Hall–Kier alpha value is -2.82. The zero-order valence-corrected chi connectivity index (χ0v) is 9.71. The summed E-state index contributed by atoms with van der Waals surface area (Å²) in [5.41, 5.74) is 6.63. The van der Waals surface area contributed by atoms with E-state index in [0.29, 0.717) is 22.2 Å². The molecule has 0 radical (unpaired) electrons. The minimum Gasteiger partial charge on any atom is -0.478 e. The summed E-state index contributed by atoms with van der Waals surface area (Å²) in [6.45, 7) is 0. The standard InChI is InChI=1S/C14H9NO4/c15-8-2-4-12-10(6-8)13(16)9-5-7(14(17)18)1-3-11(9)19-12/h1-6H,15H2,(H,17,18). The summed E-state index contributed by atoms with van der Waals surface area (Å²) >= 11 is 0. The first-order valence-electron chi connectivity index (χ1n) is 5.55. The molecule has 3 N–H and O–H groups in total. The highest BCUT2D eigenvalue weighted by Gasteiger charge is 2.11. The van der Waals surface area contributed by atoms with Crippen molar-refractivity contribution >= 4 is 33.6 Å². The summed E-state index contributed by atoms with van der Waals surface area (Å²) in [6.07, 6.45) is 0. The second-order valence-corrected chi connectivity index (χ2v) is 4.20. The van der Waals surface area contributed by atoms with E-state index in [2.05, 4.69) is 0 Å². The first kappa shape index (κ1) is 11.3. The molecule has 3 rings (SSSR count). The molecule has 0 bridgehead atoms. The average molecular weight is 255 g/mol. The lowest BCUT2D eigenvalue weighted by Crippen LogP contribution is -2.05. The highest BCUT2D eigenvalue weighted by atomic mass is 16.4. The Morgan fingerprint density at radius 1 is 1.05 bits per heavy atom. The van der Waals surface area contributed by atoms with Crippen LogP contribution in [0.1, 0.15) is 10.4 Å². The third-order valence-corrected chi connectivity index (χ3v) is 2.94. The fourth-order valence-electron chi connectivity index (χ4n) is 2.01. The number of fused-ring (bicyclic) bond motifs is 2. The Morgan fingerprint density at radius 3 is 2.37 bits per heavy atom. The molecule has 1 heterocycles. The SMILES string of the molecule is Nc1ccc2oc3ccc(C(=O)O)cc3c(=O)c2c1. The van der Waals surface area contributed by atoms with Gasteiger partial charge in [0, 0.05) is 5.69 Å². The number of aromatic carboxylic acids is 1. The van der Waals surface area contributed by atoms with Gasteiger partial charge in [-0.1, -0.05) is 0 Å². The molecule has 5 heteroatoms. The molecule has 0 saturated heterocycles. The molecule has 0 fully saturated rings. The number of rotatable bonds is 1. The first-order chi connectivity index (χ1) is 9.06. The maximum Gasteiger partial charge on any atom is 0.335 e. The number of nitrogens with two attached hydrogens (primary N) is 1. The molecule has 0 saturated carbocycles. The lowest BCUT2D eigenvalue weighted by atomic mass is 10.1. The number of carbonyl (C=O) groups is 1. The summed E-state index contributed by atoms with van der Waals surface area (Å²) in [7, 11) is 0. The van der Waals surface area contributed by atoms with Gasteiger partial charge >= 0.3 is 5.97 Å². The predicted octanol–water partition coefficient (Wildman–Crippen LogP) is 2.23. The van der Waals surface area contributed by atoms with Crippen molar-refractivity contribution in [1.29, 1.82) is 0 Å². The summed E-state index contributed by atoms with van der Waals surface area (Å²) in [6, 6.07) is 8.98. The normalized spacial score (nSPS) is 10.9. The number of nitrogen functional groups attached to an aromatic ring is 1.